The third kappa shape index (κ3) is 3.85. The van der Waals surface area contributed by atoms with E-state index in [0.29, 0.717) is 35.9 Å². The first-order valence-electron chi connectivity index (χ1n) is 11.9. The largest absolute Gasteiger partial charge is 0.371 e. The Balaban J connectivity index is 1.21. The summed E-state index contributed by atoms with van der Waals surface area (Å²) in [7, 11) is 0. The number of pyridine rings is 1. The standard InChI is InChI=1S/C25H28F2N6/c1-16-9-21(5-6-28-16)31-14-17-3-4-18(15-31)23(17)13-24-29-25-32(7-2-8-33(25)30-24)22-11-19(26)10-20(27)12-22/h5-6,9-12,17-18,23H,2-4,7-8,13-15H2,1H3/t17-,18+,23?. The predicted molar refractivity (Wildman–Crippen MR) is 123 cm³/mol. The summed E-state index contributed by atoms with van der Waals surface area (Å²) in [6, 6.07) is 7.92. The van der Waals surface area contributed by atoms with Gasteiger partial charge in [-0.1, -0.05) is 0 Å². The van der Waals surface area contributed by atoms with Gasteiger partial charge < -0.3 is 9.80 Å². The van der Waals surface area contributed by atoms with Crippen LogP contribution in [0.2, 0.25) is 0 Å². The van der Waals surface area contributed by atoms with Gasteiger partial charge in [0.05, 0.1) is 0 Å². The van der Waals surface area contributed by atoms with Crippen LogP contribution < -0.4 is 9.80 Å². The van der Waals surface area contributed by atoms with E-state index >= 15 is 0 Å². The van der Waals surface area contributed by atoms with Crippen LogP contribution >= 0.6 is 0 Å². The van der Waals surface area contributed by atoms with Crippen LogP contribution in [0.3, 0.4) is 0 Å². The number of aryl methyl sites for hydroxylation is 2. The SMILES string of the molecule is Cc1cc(N2C[C@H]3CC[C@@H](C2)C3Cc2nc3n(n2)CCCN3c2cc(F)cc(F)c2)ccn1. The first kappa shape index (κ1) is 20.6. The van der Waals surface area contributed by atoms with Crippen LogP contribution in [0.4, 0.5) is 26.1 Å². The number of rotatable bonds is 4. The molecule has 0 N–H and O–H groups in total. The summed E-state index contributed by atoms with van der Waals surface area (Å²) in [5.41, 5.74) is 2.82. The molecule has 6 rings (SSSR count). The second kappa shape index (κ2) is 8.08. The number of fused-ring (bicyclic) bond motifs is 3. The van der Waals surface area contributed by atoms with Gasteiger partial charge in [0.1, 0.15) is 11.6 Å². The summed E-state index contributed by atoms with van der Waals surface area (Å²) in [6.07, 6.45) is 6.12. The first-order valence-corrected chi connectivity index (χ1v) is 11.9. The molecular formula is C25H28F2N6. The molecule has 0 spiro atoms. The van der Waals surface area contributed by atoms with E-state index in [9.17, 15) is 8.78 Å². The van der Waals surface area contributed by atoms with Crippen molar-refractivity contribution in [2.45, 2.75) is 39.2 Å². The summed E-state index contributed by atoms with van der Waals surface area (Å²) in [5, 5.41) is 4.81. The van der Waals surface area contributed by atoms with E-state index in [1.807, 2.05) is 22.7 Å². The van der Waals surface area contributed by atoms with Crippen molar-refractivity contribution in [1.82, 2.24) is 19.7 Å². The fraction of sp³-hybridized carbons (Fsp3) is 0.480. The van der Waals surface area contributed by atoms with Crippen molar-refractivity contribution >= 4 is 17.3 Å². The highest BCUT2D eigenvalue weighted by Crippen LogP contribution is 2.44. The maximum Gasteiger partial charge on any atom is 0.228 e. The second-order valence-corrected chi connectivity index (χ2v) is 9.71. The number of hydrogen-bond acceptors (Lipinski definition) is 5. The van der Waals surface area contributed by atoms with E-state index in [1.165, 1.54) is 30.7 Å². The van der Waals surface area contributed by atoms with Crippen molar-refractivity contribution < 1.29 is 8.78 Å². The number of piperidine rings is 1. The summed E-state index contributed by atoms with van der Waals surface area (Å²) in [6.45, 7) is 5.62. The lowest BCUT2D eigenvalue weighted by atomic mass is 9.82. The molecule has 2 bridgehead atoms. The van der Waals surface area contributed by atoms with Gasteiger partial charge in [-0.3, -0.25) is 4.98 Å². The number of halogens is 2. The zero-order chi connectivity index (χ0) is 22.5. The summed E-state index contributed by atoms with van der Waals surface area (Å²) < 4.78 is 29.6. The molecule has 1 saturated carbocycles. The smallest absolute Gasteiger partial charge is 0.228 e. The minimum Gasteiger partial charge on any atom is -0.371 e. The van der Waals surface area contributed by atoms with Crippen molar-refractivity contribution in [3.63, 3.8) is 0 Å². The highest BCUT2D eigenvalue weighted by Gasteiger charge is 2.42. The Morgan fingerprint density at radius 1 is 0.970 bits per heavy atom. The highest BCUT2D eigenvalue weighted by atomic mass is 19.1. The number of hydrogen-bond donors (Lipinski definition) is 0. The fourth-order valence-corrected chi connectivity index (χ4v) is 6.05. The van der Waals surface area contributed by atoms with Gasteiger partial charge in [-0.15, -0.1) is 0 Å². The third-order valence-corrected chi connectivity index (χ3v) is 7.54. The van der Waals surface area contributed by atoms with Crippen molar-refractivity contribution in [3.05, 3.63) is 59.7 Å². The molecule has 3 aromatic rings. The molecule has 172 valence electrons. The Morgan fingerprint density at radius 2 is 1.73 bits per heavy atom. The van der Waals surface area contributed by atoms with Crippen LogP contribution in [0, 0.1) is 36.3 Å². The molecule has 1 aromatic carbocycles. The maximum atomic E-state index is 13.8. The Labute approximate surface area is 192 Å². The van der Waals surface area contributed by atoms with E-state index in [4.69, 9.17) is 10.1 Å². The van der Waals surface area contributed by atoms with E-state index in [-0.39, 0.29) is 0 Å². The van der Waals surface area contributed by atoms with Crippen LogP contribution in [-0.4, -0.2) is 39.4 Å². The third-order valence-electron chi connectivity index (χ3n) is 7.54. The van der Waals surface area contributed by atoms with Crippen LogP contribution in [0.5, 0.6) is 0 Å². The second-order valence-electron chi connectivity index (χ2n) is 9.71. The van der Waals surface area contributed by atoms with Gasteiger partial charge in [0, 0.05) is 61.9 Å². The average molecular weight is 451 g/mol. The molecule has 1 aliphatic carbocycles. The van der Waals surface area contributed by atoms with E-state index in [0.717, 1.165) is 50.1 Å². The summed E-state index contributed by atoms with van der Waals surface area (Å²) >= 11 is 0. The van der Waals surface area contributed by atoms with Crippen molar-refractivity contribution in [1.29, 1.82) is 0 Å². The van der Waals surface area contributed by atoms with Gasteiger partial charge in [-0.25, -0.2) is 13.5 Å². The Morgan fingerprint density at radius 3 is 2.45 bits per heavy atom. The van der Waals surface area contributed by atoms with E-state index in [2.05, 4.69) is 22.0 Å². The lowest BCUT2D eigenvalue weighted by Gasteiger charge is -2.39. The van der Waals surface area contributed by atoms with Gasteiger partial charge in [-0.2, -0.15) is 10.1 Å². The van der Waals surface area contributed by atoms with Gasteiger partial charge in [0.15, 0.2) is 5.82 Å². The molecule has 1 saturated heterocycles. The molecule has 4 heterocycles. The van der Waals surface area contributed by atoms with Crippen LogP contribution in [-0.2, 0) is 13.0 Å². The lowest BCUT2D eigenvalue weighted by Crippen LogP contribution is -2.42. The van der Waals surface area contributed by atoms with E-state index in [1.54, 1.807) is 0 Å². The van der Waals surface area contributed by atoms with Gasteiger partial charge in [0.25, 0.3) is 0 Å². The average Bonchev–Trinajstić information content (AvgIpc) is 3.29. The van der Waals surface area contributed by atoms with Crippen LogP contribution in [0.15, 0.2) is 36.5 Å². The molecule has 33 heavy (non-hydrogen) atoms. The zero-order valence-corrected chi connectivity index (χ0v) is 18.8. The Kier molecular flexibility index (Phi) is 5.03. The maximum absolute atomic E-state index is 13.8. The minimum atomic E-state index is -0.574. The molecule has 2 aromatic heterocycles. The topological polar surface area (TPSA) is 50.1 Å². The number of aromatic nitrogens is 4. The Bertz CT molecular complexity index is 1140. The van der Waals surface area contributed by atoms with Crippen LogP contribution in [0.1, 0.15) is 30.8 Å². The summed E-state index contributed by atoms with van der Waals surface area (Å²) in [4.78, 5) is 13.6. The van der Waals surface area contributed by atoms with Crippen LogP contribution in [0.25, 0.3) is 0 Å². The normalized spacial score (nSPS) is 24.3. The van der Waals surface area contributed by atoms with Gasteiger partial charge >= 0.3 is 0 Å². The zero-order valence-electron chi connectivity index (χ0n) is 18.8. The molecule has 2 fully saturated rings. The minimum absolute atomic E-state index is 0.494. The molecule has 2 aliphatic heterocycles. The molecule has 3 atom stereocenters. The molecule has 1 unspecified atom stereocenters. The number of benzene rings is 1. The summed E-state index contributed by atoms with van der Waals surface area (Å²) in [5.74, 6) is 2.23. The van der Waals surface area contributed by atoms with Crippen molar-refractivity contribution in [3.8, 4) is 0 Å². The lowest BCUT2D eigenvalue weighted by molar-refractivity contribution is 0.265. The quantitative estimate of drug-likeness (QED) is 0.586. The fourth-order valence-electron chi connectivity index (χ4n) is 6.05. The Hall–Kier alpha value is -3.03. The number of nitrogens with zero attached hydrogens (tertiary/aromatic N) is 6. The number of anilines is 3. The molecule has 0 radical (unpaired) electrons. The van der Waals surface area contributed by atoms with Crippen molar-refractivity contribution in [2.24, 2.45) is 17.8 Å². The van der Waals surface area contributed by atoms with Crippen molar-refractivity contribution in [2.75, 3.05) is 29.4 Å². The molecule has 3 aliphatic rings. The van der Waals surface area contributed by atoms with Gasteiger partial charge in [0.2, 0.25) is 5.95 Å². The molecule has 8 heteroatoms. The monoisotopic (exact) mass is 450 g/mol. The highest BCUT2D eigenvalue weighted by molar-refractivity contribution is 5.58. The molecule has 6 nitrogen and oxygen atoms in total. The van der Waals surface area contributed by atoms with E-state index < -0.39 is 11.6 Å². The molecule has 0 amide bonds. The van der Waals surface area contributed by atoms with Gasteiger partial charge in [-0.05, 0) is 68.2 Å². The molecular weight excluding hydrogens is 422 g/mol. The first-order chi connectivity index (χ1) is 16.0. The predicted octanol–water partition coefficient (Wildman–Crippen LogP) is 4.51.